The highest BCUT2D eigenvalue weighted by Gasteiger charge is 2.32. The molecular formula is C25H25F3N6O. The number of rotatable bonds is 6. The fourth-order valence-corrected chi connectivity index (χ4v) is 3.66. The van der Waals surface area contributed by atoms with Crippen molar-refractivity contribution < 1.29 is 13.2 Å². The Kier molecular flexibility index (Phi) is 6.56. The number of nitrogens with one attached hydrogen (secondary N) is 1. The molecule has 4 heterocycles. The van der Waals surface area contributed by atoms with Crippen LogP contribution in [-0.4, -0.2) is 24.5 Å². The Morgan fingerprint density at radius 1 is 0.914 bits per heavy atom. The fraction of sp³-hybridized carbons (Fsp3) is 0.320. The number of pyridine rings is 3. The molecule has 0 fully saturated rings. The molecule has 0 aliphatic heterocycles. The van der Waals surface area contributed by atoms with E-state index in [0.717, 1.165) is 17.6 Å². The van der Waals surface area contributed by atoms with E-state index in [1.165, 1.54) is 18.3 Å². The summed E-state index contributed by atoms with van der Waals surface area (Å²) in [5.74, 6) is 0.578. The average molecular weight is 483 g/mol. The van der Waals surface area contributed by atoms with Gasteiger partial charge in [-0.15, -0.1) is 0 Å². The van der Waals surface area contributed by atoms with Crippen LogP contribution in [0.2, 0.25) is 0 Å². The number of anilines is 1. The molecule has 7 nitrogen and oxygen atoms in total. The number of fused-ring (bicyclic) bond motifs is 1. The molecule has 35 heavy (non-hydrogen) atoms. The number of halogens is 3. The summed E-state index contributed by atoms with van der Waals surface area (Å²) in [6.07, 6.45) is -0.197. The first-order valence-electron chi connectivity index (χ1n) is 11.2. The van der Waals surface area contributed by atoms with Crippen LogP contribution in [0, 0.1) is 5.92 Å². The first-order valence-corrected chi connectivity index (χ1v) is 11.2. The van der Waals surface area contributed by atoms with Crippen molar-refractivity contribution in [3.8, 4) is 11.1 Å². The quantitative estimate of drug-likeness (QED) is 0.382. The summed E-state index contributed by atoms with van der Waals surface area (Å²) in [5.41, 5.74) is 1.05. The van der Waals surface area contributed by atoms with Crippen LogP contribution in [0.1, 0.15) is 51.2 Å². The predicted molar refractivity (Wildman–Crippen MR) is 128 cm³/mol. The van der Waals surface area contributed by atoms with Gasteiger partial charge in [0.2, 0.25) is 5.95 Å². The maximum absolute atomic E-state index is 13.0. The first-order chi connectivity index (χ1) is 16.5. The molecule has 0 spiro atoms. The fourth-order valence-electron chi connectivity index (χ4n) is 3.66. The van der Waals surface area contributed by atoms with E-state index < -0.39 is 11.9 Å². The van der Waals surface area contributed by atoms with Gasteiger partial charge in [-0.2, -0.15) is 18.2 Å². The lowest BCUT2D eigenvalue weighted by atomic mass is 10.1. The lowest BCUT2D eigenvalue weighted by molar-refractivity contribution is -0.141. The lowest BCUT2D eigenvalue weighted by Crippen LogP contribution is -2.26. The number of hydrogen-bond donors (Lipinski definition) is 1. The molecule has 0 aliphatic carbocycles. The Morgan fingerprint density at radius 2 is 1.69 bits per heavy atom. The largest absolute Gasteiger partial charge is 0.433 e. The van der Waals surface area contributed by atoms with Gasteiger partial charge in [-0.25, -0.2) is 4.98 Å². The topological polar surface area (TPSA) is 85.6 Å². The maximum Gasteiger partial charge on any atom is 0.433 e. The normalized spacial score (nSPS) is 13.7. The minimum atomic E-state index is -4.51. The van der Waals surface area contributed by atoms with Gasteiger partial charge in [0.25, 0.3) is 5.56 Å². The van der Waals surface area contributed by atoms with Crippen LogP contribution in [0.15, 0.2) is 59.8 Å². The van der Waals surface area contributed by atoms with E-state index in [2.05, 4.69) is 25.3 Å². The molecule has 1 N–H and O–H groups in total. The standard InChI is InChI=1S/C25H25F3N6O/c1-14(2)16(4)34-22(35)8-6-19-13-31-24(33-23(19)34)32-15(3)20-7-5-18(12-30-20)17-9-10-29-21(11-17)25(26,27)28/h5-16H,1-4H3,(H,31,32,33)/t15-,16-/m0/s1. The molecule has 0 unspecified atom stereocenters. The molecule has 4 aromatic heterocycles. The summed E-state index contributed by atoms with van der Waals surface area (Å²) >= 11 is 0. The van der Waals surface area contributed by atoms with Gasteiger partial charge < -0.3 is 5.32 Å². The second-order valence-electron chi connectivity index (χ2n) is 8.76. The summed E-state index contributed by atoms with van der Waals surface area (Å²) in [5, 5.41) is 3.95. The Bertz CT molecular complexity index is 1400. The summed E-state index contributed by atoms with van der Waals surface area (Å²) in [7, 11) is 0. The van der Waals surface area contributed by atoms with E-state index >= 15 is 0 Å². The zero-order chi connectivity index (χ0) is 25.3. The molecule has 2 atom stereocenters. The van der Waals surface area contributed by atoms with Crippen molar-refractivity contribution in [2.45, 2.75) is 46.0 Å². The van der Waals surface area contributed by atoms with Crippen LogP contribution in [-0.2, 0) is 6.18 Å². The molecule has 0 aromatic carbocycles. The van der Waals surface area contributed by atoms with E-state index in [1.54, 1.807) is 29.0 Å². The number of alkyl halides is 3. The lowest BCUT2D eigenvalue weighted by Gasteiger charge is -2.21. The van der Waals surface area contributed by atoms with Gasteiger partial charge in [0, 0.05) is 41.6 Å². The minimum Gasteiger partial charge on any atom is -0.346 e. The van der Waals surface area contributed by atoms with Crippen LogP contribution >= 0.6 is 0 Å². The van der Waals surface area contributed by atoms with Crippen molar-refractivity contribution in [2.75, 3.05) is 5.32 Å². The third-order valence-electron chi connectivity index (χ3n) is 6.00. The smallest absolute Gasteiger partial charge is 0.346 e. The molecule has 0 aliphatic rings. The zero-order valence-electron chi connectivity index (χ0n) is 19.7. The van der Waals surface area contributed by atoms with E-state index in [9.17, 15) is 18.0 Å². The molecule has 4 aromatic rings. The molecular weight excluding hydrogens is 457 g/mol. The van der Waals surface area contributed by atoms with Crippen molar-refractivity contribution in [3.05, 3.63) is 76.7 Å². The van der Waals surface area contributed by atoms with Gasteiger partial charge in [-0.3, -0.25) is 19.3 Å². The Labute approximate surface area is 200 Å². The predicted octanol–water partition coefficient (Wildman–Crippen LogP) is 5.66. The second kappa shape index (κ2) is 9.44. The van der Waals surface area contributed by atoms with Crippen molar-refractivity contribution in [1.29, 1.82) is 0 Å². The Balaban J connectivity index is 1.58. The van der Waals surface area contributed by atoms with Crippen LogP contribution in [0.3, 0.4) is 0 Å². The number of hydrogen-bond acceptors (Lipinski definition) is 6. The molecule has 0 radical (unpaired) electrons. The molecule has 10 heteroatoms. The highest BCUT2D eigenvalue weighted by molar-refractivity contribution is 5.75. The van der Waals surface area contributed by atoms with E-state index in [0.29, 0.717) is 28.4 Å². The molecule has 4 rings (SSSR count). The first kappa shape index (κ1) is 24.3. The summed E-state index contributed by atoms with van der Waals surface area (Å²) < 4.78 is 40.6. The Morgan fingerprint density at radius 3 is 2.34 bits per heavy atom. The highest BCUT2D eigenvalue weighted by atomic mass is 19.4. The SMILES string of the molecule is CC(C)[C@H](C)n1c(=O)ccc2cnc(N[C@@H](C)c3ccc(-c4ccnc(C(F)(F)F)c4)cn3)nc21. The van der Waals surface area contributed by atoms with Gasteiger partial charge in [0.15, 0.2) is 0 Å². The van der Waals surface area contributed by atoms with Crippen LogP contribution in [0.25, 0.3) is 22.2 Å². The highest BCUT2D eigenvalue weighted by Crippen LogP contribution is 2.30. The third kappa shape index (κ3) is 5.16. The maximum atomic E-state index is 13.0. The van der Waals surface area contributed by atoms with Gasteiger partial charge in [0.1, 0.15) is 11.3 Å². The number of nitrogens with zero attached hydrogens (tertiary/aromatic N) is 5. The monoisotopic (exact) mass is 482 g/mol. The third-order valence-corrected chi connectivity index (χ3v) is 6.00. The van der Waals surface area contributed by atoms with Crippen molar-refractivity contribution in [3.63, 3.8) is 0 Å². The van der Waals surface area contributed by atoms with Gasteiger partial charge in [0.05, 0.1) is 11.7 Å². The van der Waals surface area contributed by atoms with Crippen LogP contribution < -0.4 is 10.9 Å². The molecule has 0 saturated heterocycles. The average Bonchev–Trinajstić information content (AvgIpc) is 2.83. The van der Waals surface area contributed by atoms with Crippen molar-refractivity contribution in [1.82, 2.24) is 24.5 Å². The van der Waals surface area contributed by atoms with Gasteiger partial charge in [-0.05, 0) is 49.6 Å². The van der Waals surface area contributed by atoms with E-state index in [-0.39, 0.29) is 23.6 Å². The molecule has 0 saturated carbocycles. The summed E-state index contributed by atoms with van der Waals surface area (Å²) in [6.45, 7) is 7.95. The van der Waals surface area contributed by atoms with E-state index in [1.807, 2.05) is 27.7 Å². The number of aromatic nitrogens is 5. The summed E-state index contributed by atoms with van der Waals surface area (Å²) in [6, 6.07) is 8.83. The Hall–Kier alpha value is -3.82. The zero-order valence-corrected chi connectivity index (χ0v) is 19.7. The van der Waals surface area contributed by atoms with Gasteiger partial charge >= 0.3 is 6.18 Å². The molecule has 0 amide bonds. The van der Waals surface area contributed by atoms with Crippen LogP contribution in [0.4, 0.5) is 19.1 Å². The van der Waals surface area contributed by atoms with Crippen molar-refractivity contribution >= 4 is 17.0 Å². The minimum absolute atomic E-state index is 0.0494. The van der Waals surface area contributed by atoms with Crippen molar-refractivity contribution in [2.24, 2.45) is 5.92 Å². The van der Waals surface area contributed by atoms with Crippen LogP contribution in [0.5, 0.6) is 0 Å². The molecule has 0 bridgehead atoms. The second-order valence-corrected chi connectivity index (χ2v) is 8.76. The molecule has 182 valence electrons. The summed E-state index contributed by atoms with van der Waals surface area (Å²) in [4.78, 5) is 29.3. The van der Waals surface area contributed by atoms with Gasteiger partial charge in [-0.1, -0.05) is 19.9 Å². The van der Waals surface area contributed by atoms with E-state index in [4.69, 9.17) is 0 Å².